The van der Waals surface area contributed by atoms with Crippen LogP contribution >= 0.6 is 0 Å². The van der Waals surface area contributed by atoms with E-state index in [1.165, 1.54) is 0 Å². The first kappa shape index (κ1) is 13.5. The second kappa shape index (κ2) is 5.82. The van der Waals surface area contributed by atoms with Gasteiger partial charge < -0.3 is 19.5 Å². The minimum absolute atomic E-state index is 0.0248. The molecule has 1 aromatic carbocycles. The van der Waals surface area contributed by atoms with Gasteiger partial charge in [-0.2, -0.15) is 0 Å². The van der Waals surface area contributed by atoms with Crippen LogP contribution in [0.3, 0.4) is 0 Å². The predicted octanol–water partition coefficient (Wildman–Crippen LogP) is 1.53. The molecule has 0 atom stereocenters. The van der Waals surface area contributed by atoms with Gasteiger partial charge in [0, 0.05) is 6.04 Å². The number of methoxy groups -OCH3 is 3. The fourth-order valence-corrected chi connectivity index (χ4v) is 1.93. The topological polar surface area (TPSA) is 56.8 Å². The quantitative estimate of drug-likeness (QED) is 0.847. The van der Waals surface area contributed by atoms with Gasteiger partial charge in [-0.25, -0.2) is 0 Å². The highest BCUT2D eigenvalue weighted by atomic mass is 16.5. The molecule has 0 aromatic heterocycles. The summed E-state index contributed by atoms with van der Waals surface area (Å²) in [6.07, 6.45) is 2.48. The van der Waals surface area contributed by atoms with Gasteiger partial charge in [0.15, 0.2) is 11.5 Å². The van der Waals surface area contributed by atoms with Crippen molar-refractivity contribution in [3.63, 3.8) is 0 Å². The van der Waals surface area contributed by atoms with Crippen LogP contribution in [-0.2, 0) is 11.2 Å². The van der Waals surface area contributed by atoms with Gasteiger partial charge in [-0.05, 0) is 30.5 Å². The number of ether oxygens (including phenoxy) is 3. The zero-order chi connectivity index (χ0) is 13.8. The van der Waals surface area contributed by atoms with Crippen molar-refractivity contribution in [2.75, 3.05) is 21.3 Å². The molecule has 0 saturated heterocycles. The Morgan fingerprint density at radius 1 is 1.16 bits per heavy atom. The van der Waals surface area contributed by atoms with Gasteiger partial charge >= 0.3 is 0 Å². The van der Waals surface area contributed by atoms with E-state index in [4.69, 9.17) is 14.2 Å². The van der Waals surface area contributed by atoms with Gasteiger partial charge in [0.1, 0.15) is 0 Å². The highest BCUT2D eigenvalue weighted by molar-refractivity contribution is 5.79. The molecule has 1 N–H and O–H groups in total. The molecule has 1 aromatic rings. The molecule has 0 radical (unpaired) electrons. The van der Waals surface area contributed by atoms with E-state index in [0.717, 1.165) is 18.4 Å². The molecule has 1 fully saturated rings. The molecule has 1 amide bonds. The summed E-state index contributed by atoms with van der Waals surface area (Å²) < 4.78 is 15.8. The van der Waals surface area contributed by atoms with Gasteiger partial charge in [0.05, 0.1) is 27.8 Å². The second-order valence-electron chi connectivity index (χ2n) is 4.55. The zero-order valence-electron chi connectivity index (χ0n) is 11.5. The van der Waals surface area contributed by atoms with Crippen molar-refractivity contribution >= 4 is 5.91 Å². The van der Waals surface area contributed by atoms with Crippen molar-refractivity contribution in [3.05, 3.63) is 17.7 Å². The first-order valence-electron chi connectivity index (χ1n) is 6.26. The molecule has 104 valence electrons. The standard InChI is InChI=1S/C14H19NO4/c1-17-11-6-9(7-12(18-2)14(11)19-3)8-13(16)15-10-4-5-10/h6-7,10H,4-5,8H2,1-3H3,(H,15,16). The lowest BCUT2D eigenvalue weighted by Crippen LogP contribution is -2.26. The van der Waals surface area contributed by atoms with Crippen LogP contribution in [0, 0.1) is 0 Å². The maximum absolute atomic E-state index is 11.8. The molecule has 0 spiro atoms. The molecule has 2 rings (SSSR count). The Morgan fingerprint density at radius 2 is 1.74 bits per heavy atom. The van der Waals surface area contributed by atoms with Gasteiger partial charge in [-0.1, -0.05) is 0 Å². The Morgan fingerprint density at radius 3 is 2.16 bits per heavy atom. The van der Waals surface area contributed by atoms with Crippen molar-refractivity contribution in [2.45, 2.75) is 25.3 Å². The van der Waals surface area contributed by atoms with Crippen molar-refractivity contribution < 1.29 is 19.0 Å². The van der Waals surface area contributed by atoms with Crippen LogP contribution in [0.15, 0.2) is 12.1 Å². The fourth-order valence-electron chi connectivity index (χ4n) is 1.93. The molecule has 5 nitrogen and oxygen atoms in total. The summed E-state index contributed by atoms with van der Waals surface area (Å²) in [6, 6.07) is 3.97. The minimum atomic E-state index is 0.0248. The Hall–Kier alpha value is -1.91. The third kappa shape index (κ3) is 3.30. The maximum atomic E-state index is 11.8. The highest BCUT2D eigenvalue weighted by Gasteiger charge is 2.23. The van der Waals surface area contributed by atoms with Crippen molar-refractivity contribution in [1.82, 2.24) is 5.32 Å². The molecule has 19 heavy (non-hydrogen) atoms. The fraction of sp³-hybridized carbons (Fsp3) is 0.500. The summed E-state index contributed by atoms with van der Waals surface area (Å²) >= 11 is 0. The Balaban J connectivity index is 2.17. The molecule has 0 aliphatic heterocycles. The molecule has 1 saturated carbocycles. The Kier molecular flexibility index (Phi) is 4.14. The molecule has 0 bridgehead atoms. The van der Waals surface area contributed by atoms with E-state index in [0.29, 0.717) is 29.7 Å². The van der Waals surface area contributed by atoms with Gasteiger partial charge in [-0.3, -0.25) is 4.79 Å². The SMILES string of the molecule is COc1cc(CC(=O)NC2CC2)cc(OC)c1OC. The van der Waals surface area contributed by atoms with E-state index in [1.807, 2.05) is 0 Å². The van der Waals surface area contributed by atoms with E-state index in [9.17, 15) is 4.79 Å². The lowest BCUT2D eigenvalue weighted by atomic mass is 10.1. The van der Waals surface area contributed by atoms with Crippen molar-refractivity contribution in [3.8, 4) is 17.2 Å². The number of amides is 1. The lowest BCUT2D eigenvalue weighted by Gasteiger charge is -2.14. The summed E-state index contributed by atoms with van der Waals surface area (Å²) in [5.41, 5.74) is 0.840. The summed E-state index contributed by atoms with van der Waals surface area (Å²) in [6.45, 7) is 0. The Bertz CT molecular complexity index is 444. The monoisotopic (exact) mass is 265 g/mol. The van der Waals surface area contributed by atoms with Crippen LogP contribution in [0.25, 0.3) is 0 Å². The summed E-state index contributed by atoms with van der Waals surface area (Å²) in [7, 11) is 4.68. The normalized spacial score (nSPS) is 13.8. The van der Waals surface area contributed by atoms with Crippen LogP contribution in [0.5, 0.6) is 17.2 Å². The molecule has 5 heteroatoms. The molecule has 0 heterocycles. The molecular formula is C14H19NO4. The number of carbonyl (C=O) groups excluding carboxylic acids is 1. The van der Waals surface area contributed by atoms with Gasteiger partial charge in [-0.15, -0.1) is 0 Å². The average molecular weight is 265 g/mol. The van der Waals surface area contributed by atoms with Crippen LogP contribution in [0.4, 0.5) is 0 Å². The smallest absolute Gasteiger partial charge is 0.224 e. The van der Waals surface area contributed by atoms with Crippen LogP contribution in [-0.4, -0.2) is 33.3 Å². The van der Waals surface area contributed by atoms with Crippen molar-refractivity contribution in [2.24, 2.45) is 0 Å². The van der Waals surface area contributed by atoms with Crippen LogP contribution in [0.1, 0.15) is 18.4 Å². The second-order valence-corrected chi connectivity index (χ2v) is 4.55. The summed E-state index contributed by atoms with van der Waals surface area (Å²) in [4.78, 5) is 11.8. The number of hydrogen-bond acceptors (Lipinski definition) is 4. The van der Waals surface area contributed by atoms with Crippen molar-refractivity contribution in [1.29, 1.82) is 0 Å². The van der Waals surface area contributed by atoms with Crippen LogP contribution < -0.4 is 19.5 Å². The van der Waals surface area contributed by atoms with E-state index in [1.54, 1.807) is 33.5 Å². The third-order valence-corrected chi connectivity index (χ3v) is 3.03. The predicted molar refractivity (Wildman–Crippen MR) is 71.0 cm³/mol. The molecule has 0 unspecified atom stereocenters. The molecule has 1 aliphatic carbocycles. The number of carbonyl (C=O) groups is 1. The van der Waals surface area contributed by atoms with E-state index >= 15 is 0 Å². The number of nitrogens with one attached hydrogen (secondary N) is 1. The lowest BCUT2D eigenvalue weighted by molar-refractivity contribution is -0.120. The van der Waals surface area contributed by atoms with E-state index < -0.39 is 0 Å². The zero-order valence-corrected chi connectivity index (χ0v) is 11.5. The largest absolute Gasteiger partial charge is 0.493 e. The first-order valence-corrected chi connectivity index (χ1v) is 6.26. The minimum Gasteiger partial charge on any atom is -0.493 e. The number of hydrogen-bond donors (Lipinski definition) is 1. The van der Waals surface area contributed by atoms with Gasteiger partial charge in [0.2, 0.25) is 11.7 Å². The average Bonchev–Trinajstić information content (AvgIpc) is 3.21. The van der Waals surface area contributed by atoms with Gasteiger partial charge in [0.25, 0.3) is 0 Å². The Labute approximate surface area is 112 Å². The summed E-state index contributed by atoms with van der Waals surface area (Å²) in [5.74, 6) is 1.69. The molecule has 1 aliphatic rings. The van der Waals surface area contributed by atoms with E-state index in [2.05, 4.69) is 5.32 Å². The maximum Gasteiger partial charge on any atom is 0.224 e. The number of benzene rings is 1. The van der Waals surface area contributed by atoms with Crippen LogP contribution in [0.2, 0.25) is 0 Å². The first-order chi connectivity index (χ1) is 9.17. The summed E-state index contributed by atoms with van der Waals surface area (Å²) in [5, 5.41) is 2.95. The molecular weight excluding hydrogens is 246 g/mol. The number of rotatable bonds is 6. The van der Waals surface area contributed by atoms with E-state index in [-0.39, 0.29) is 5.91 Å². The highest BCUT2D eigenvalue weighted by Crippen LogP contribution is 2.38. The third-order valence-electron chi connectivity index (χ3n) is 3.03.